The van der Waals surface area contributed by atoms with Crippen LogP contribution in [0.25, 0.3) is 11.1 Å². The van der Waals surface area contributed by atoms with E-state index in [9.17, 15) is 10.2 Å². The molecule has 0 saturated heterocycles. The van der Waals surface area contributed by atoms with E-state index in [0.29, 0.717) is 22.8 Å². The molecule has 11 aromatic rings. The predicted molar refractivity (Wildman–Crippen MR) is 444 cm³/mol. The molecule has 1 aliphatic rings. The maximum atomic E-state index is 9.19. The van der Waals surface area contributed by atoms with Crippen LogP contribution in [0.3, 0.4) is 0 Å². The van der Waals surface area contributed by atoms with Crippen molar-refractivity contribution in [2.24, 2.45) is 9.98 Å². The molecule has 11 heteroatoms. The van der Waals surface area contributed by atoms with E-state index in [1.807, 2.05) is 54.6 Å². The zero-order valence-corrected chi connectivity index (χ0v) is 65.4. The van der Waals surface area contributed by atoms with Crippen LogP contribution in [0.15, 0.2) is 277 Å². The molecule has 104 heavy (non-hydrogen) atoms. The second-order valence-corrected chi connectivity index (χ2v) is 33.4. The number of amidine groups is 1. The van der Waals surface area contributed by atoms with Crippen molar-refractivity contribution in [3.63, 3.8) is 0 Å². The molecule has 3 atom stereocenters. The Hall–Kier alpha value is -9.56. The zero-order chi connectivity index (χ0) is 74.5. The first-order chi connectivity index (χ1) is 50.0. The van der Waals surface area contributed by atoms with E-state index < -0.39 is 22.1 Å². The van der Waals surface area contributed by atoms with Gasteiger partial charge < -0.3 is 25.0 Å². The summed E-state index contributed by atoms with van der Waals surface area (Å²) in [6.07, 6.45) is 2.83. The van der Waals surface area contributed by atoms with Crippen LogP contribution in [0.1, 0.15) is 133 Å². The molecule has 536 valence electrons. The lowest BCUT2D eigenvalue weighted by Gasteiger charge is -2.32. The van der Waals surface area contributed by atoms with Crippen LogP contribution < -0.4 is 41.5 Å². The van der Waals surface area contributed by atoms with E-state index in [-0.39, 0.29) is 18.6 Å². The molecule has 9 nitrogen and oxygen atoms in total. The number of benzene rings is 11. The highest BCUT2D eigenvalue weighted by Gasteiger charge is 2.31. The van der Waals surface area contributed by atoms with Crippen LogP contribution in [0.5, 0.6) is 17.2 Å². The number of hydrogen-bond donors (Lipinski definition) is 4. The maximum absolute atomic E-state index is 9.19. The Kier molecular flexibility index (Phi) is 28.5. The molecule has 12 rings (SSSR count). The molecule has 0 aromatic heterocycles. The molecular formula is C93H104N4O5P2. The standard InChI is InChI=1S/C29H30P2.C27H30N2O2.C23H30N2.C14H14O3/c1-24(30(26-15-7-3-8-16-26)27-17-9-4-10-18-27)23-25(2)31(28-19-11-5-12-20-28)29-21-13-6-14-22-29;1-17-12-18(2)14-20(13-17)22-15-21(27(3,4)5)16-23(24(22)30-6)26-28-25(29-31-26)19-10-8-7-9-11-19;1-14-9-16(3)22(17(4)10-14)24-20(7)13-21(8)25-23-18(5)11-15(2)12-19(23)6;15-9-11-5-1-3-7-13(11)17-14-8-4-2-6-12(14)10-16/h3-22,24-25H,23H2,1-2H3;7-16,26H,1-6H3,(H,28,29);9-13,24H,1-8H3;1-8,15-16H,9-10H2/b;;20-13-,25-21?;. The van der Waals surface area contributed by atoms with E-state index >= 15 is 0 Å². The van der Waals surface area contributed by atoms with Crippen molar-refractivity contribution in [3.05, 3.63) is 339 Å². The number of allylic oxidation sites excluding steroid dienone is 2. The molecule has 1 heterocycles. The summed E-state index contributed by atoms with van der Waals surface area (Å²) in [4.78, 5) is 15.6. The molecule has 0 radical (unpaired) electrons. The van der Waals surface area contributed by atoms with Gasteiger partial charge in [0.1, 0.15) is 17.2 Å². The smallest absolute Gasteiger partial charge is 0.206 e. The Morgan fingerprint density at radius 1 is 0.529 bits per heavy atom. The highest BCUT2D eigenvalue weighted by molar-refractivity contribution is 7.74. The lowest BCUT2D eigenvalue weighted by Crippen LogP contribution is -2.26. The van der Waals surface area contributed by atoms with Gasteiger partial charge >= 0.3 is 0 Å². The summed E-state index contributed by atoms with van der Waals surface area (Å²) in [5.74, 6) is 2.73. The second-order valence-electron chi connectivity index (χ2n) is 28.1. The van der Waals surface area contributed by atoms with Gasteiger partial charge in [0.2, 0.25) is 6.23 Å². The zero-order valence-electron chi connectivity index (χ0n) is 63.6. The highest BCUT2D eigenvalue weighted by Crippen LogP contribution is 2.48. The van der Waals surface area contributed by atoms with Gasteiger partial charge in [-0.2, -0.15) is 0 Å². The number of hydrogen-bond acceptors (Lipinski definition) is 9. The SMILES string of the molecule is CC(/C=C(/C)Nc1c(C)cc(C)cc1C)=Nc1c(C)cc(C)cc1C.CC(CC(C)P(c1ccccc1)c1ccccc1)P(c1ccccc1)c1ccccc1.COc1c(-c2cc(C)cc(C)c2)cc(C(C)(C)C)cc1C1N=C(c2ccccc2)NO1.OCc1ccccc1Oc1ccccc1CO. The van der Waals surface area contributed by atoms with Gasteiger partial charge in [0, 0.05) is 44.9 Å². The fourth-order valence-electron chi connectivity index (χ4n) is 13.4. The number of methoxy groups -OCH3 is 1. The molecule has 0 spiro atoms. The highest BCUT2D eigenvalue weighted by atomic mass is 31.1. The van der Waals surface area contributed by atoms with Gasteiger partial charge in [-0.3, -0.25) is 4.99 Å². The van der Waals surface area contributed by atoms with Crippen LogP contribution in [-0.4, -0.2) is 40.2 Å². The third kappa shape index (κ3) is 21.5. The van der Waals surface area contributed by atoms with Gasteiger partial charge in [0.15, 0.2) is 5.84 Å². The molecule has 0 bridgehead atoms. The normalized spacial score (nSPS) is 13.4. The average molecular weight is 1420 g/mol. The molecule has 3 unspecified atom stereocenters. The van der Waals surface area contributed by atoms with Gasteiger partial charge in [-0.05, 0) is 193 Å². The Labute approximate surface area is 622 Å². The largest absolute Gasteiger partial charge is 0.496 e. The third-order valence-electron chi connectivity index (χ3n) is 18.1. The molecule has 0 saturated carbocycles. The lowest BCUT2D eigenvalue weighted by molar-refractivity contribution is 0.0362. The van der Waals surface area contributed by atoms with E-state index in [4.69, 9.17) is 24.3 Å². The summed E-state index contributed by atoms with van der Waals surface area (Å²) in [7, 11) is 0.921. The number of aliphatic imine (C=N–C) groups is 2. The van der Waals surface area contributed by atoms with Crippen molar-refractivity contribution in [2.75, 3.05) is 12.4 Å². The van der Waals surface area contributed by atoms with Crippen molar-refractivity contribution < 1.29 is 24.5 Å². The summed E-state index contributed by atoms with van der Waals surface area (Å²) >= 11 is 0. The lowest BCUT2D eigenvalue weighted by atomic mass is 9.83. The predicted octanol–water partition coefficient (Wildman–Crippen LogP) is 21.8. The van der Waals surface area contributed by atoms with Crippen LogP contribution in [0, 0.1) is 55.4 Å². The number of para-hydroxylation sites is 2. The number of rotatable bonds is 20. The van der Waals surface area contributed by atoms with Crippen molar-refractivity contribution >= 4 is 60.0 Å². The van der Waals surface area contributed by atoms with Crippen molar-refractivity contribution in [1.82, 2.24) is 5.48 Å². The van der Waals surface area contributed by atoms with Gasteiger partial charge in [-0.15, -0.1) is 0 Å². The number of aryl methyl sites for hydroxylation is 8. The molecule has 0 amide bonds. The molecule has 0 aliphatic carbocycles. The second kappa shape index (κ2) is 37.7. The molecule has 1 aliphatic heterocycles. The summed E-state index contributed by atoms with van der Waals surface area (Å²) < 4.78 is 11.7. The quantitative estimate of drug-likeness (QED) is 0.0444. The third-order valence-corrected chi connectivity index (χ3v) is 23.7. The first-order valence-electron chi connectivity index (χ1n) is 35.9. The van der Waals surface area contributed by atoms with E-state index in [1.165, 1.54) is 83.4 Å². The number of nitrogens with zero attached hydrogens (tertiary/aromatic N) is 2. The van der Waals surface area contributed by atoms with Crippen molar-refractivity contribution in [1.29, 1.82) is 0 Å². The molecular weight excluding hydrogens is 1310 g/mol. The Balaban J connectivity index is 0.000000164. The minimum atomic E-state index is -0.489. The van der Waals surface area contributed by atoms with Gasteiger partial charge in [0.25, 0.3) is 0 Å². The average Bonchev–Trinajstić information content (AvgIpc) is 1.26. The van der Waals surface area contributed by atoms with Crippen LogP contribution in [0.4, 0.5) is 11.4 Å². The Bertz CT molecular complexity index is 4410. The molecule has 0 fully saturated rings. The number of hydroxylamine groups is 1. The van der Waals surface area contributed by atoms with Gasteiger partial charge in [0.05, 0.1) is 26.0 Å². The molecule has 4 N–H and O–H groups in total. The van der Waals surface area contributed by atoms with Crippen LogP contribution in [0.2, 0.25) is 0 Å². The number of aliphatic hydroxyl groups excluding tert-OH is 2. The van der Waals surface area contributed by atoms with Crippen molar-refractivity contribution in [2.45, 2.75) is 146 Å². The number of aliphatic hydroxyl groups is 2. The fraction of sp³-hybridized carbons (Fsp3) is 0.247. The number of ether oxygens (including phenoxy) is 2. The van der Waals surface area contributed by atoms with Crippen molar-refractivity contribution in [3.8, 4) is 28.4 Å². The molecule has 11 aromatic carbocycles. The maximum Gasteiger partial charge on any atom is 0.206 e. The van der Waals surface area contributed by atoms with E-state index in [2.05, 4.69) is 297 Å². The topological polar surface area (TPSA) is 117 Å². The van der Waals surface area contributed by atoms with E-state index in [0.717, 1.165) is 62.1 Å². The summed E-state index contributed by atoms with van der Waals surface area (Å²) in [5.41, 5.74) is 25.3. The number of nitrogens with one attached hydrogen (secondary N) is 2. The van der Waals surface area contributed by atoms with Gasteiger partial charge in [-0.1, -0.05) is 287 Å². The van der Waals surface area contributed by atoms with Gasteiger partial charge in [-0.25, -0.2) is 15.3 Å². The summed E-state index contributed by atoms with van der Waals surface area (Å²) in [6, 6.07) is 88.9. The minimum absolute atomic E-state index is 0.0351. The van der Waals surface area contributed by atoms with E-state index in [1.54, 1.807) is 31.4 Å². The summed E-state index contributed by atoms with van der Waals surface area (Å²) in [6.45, 7) is 32.6. The fourth-order valence-corrected chi connectivity index (χ4v) is 19.3. The minimum Gasteiger partial charge on any atom is -0.496 e. The number of anilines is 1. The first kappa shape index (κ1) is 78.6. The Morgan fingerprint density at radius 3 is 1.36 bits per heavy atom. The Morgan fingerprint density at radius 2 is 0.933 bits per heavy atom. The first-order valence-corrected chi connectivity index (χ1v) is 38.7. The summed E-state index contributed by atoms with van der Waals surface area (Å²) in [5, 5.41) is 27.8. The van der Waals surface area contributed by atoms with Crippen LogP contribution >= 0.6 is 15.8 Å². The van der Waals surface area contributed by atoms with Crippen LogP contribution in [-0.2, 0) is 23.5 Å². The monoisotopic (exact) mass is 1420 g/mol.